The fraction of sp³-hybridized carbons (Fsp3) is 0.455. The van der Waals surface area contributed by atoms with Crippen molar-refractivity contribution in [3.63, 3.8) is 0 Å². The zero-order valence-corrected chi connectivity index (χ0v) is 21.3. The van der Waals surface area contributed by atoms with Crippen LogP contribution < -0.4 is 0 Å². The quantitative estimate of drug-likeness (QED) is 0.222. The molecule has 3 aliphatic rings. The largest absolute Gasteiger partial charge is 0.378 e. The molecular formula is C33H39NO2. The minimum atomic E-state index is 0.343. The van der Waals surface area contributed by atoms with Crippen molar-refractivity contribution in [3.05, 3.63) is 86.0 Å². The summed E-state index contributed by atoms with van der Waals surface area (Å²) in [6, 6.07) is 17.8. The molecule has 188 valence electrons. The van der Waals surface area contributed by atoms with E-state index in [1.807, 2.05) is 0 Å². The summed E-state index contributed by atoms with van der Waals surface area (Å²) in [6.07, 6.45) is 14.6. The Morgan fingerprint density at radius 2 is 1.44 bits per heavy atom. The van der Waals surface area contributed by atoms with Crippen LogP contribution in [0.25, 0.3) is 21.8 Å². The lowest BCUT2D eigenvalue weighted by Gasteiger charge is -2.19. The Kier molecular flexibility index (Phi) is 6.86. The molecule has 36 heavy (non-hydrogen) atoms. The number of fused-ring (bicyclic) bond motifs is 3. The summed E-state index contributed by atoms with van der Waals surface area (Å²) in [5.41, 5.74) is 2.71. The second-order valence-electron chi connectivity index (χ2n) is 11.3. The predicted molar refractivity (Wildman–Crippen MR) is 149 cm³/mol. The van der Waals surface area contributed by atoms with Gasteiger partial charge in [-0.2, -0.15) is 0 Å². The van der Waals surface area contributed by atoms with Crippen LogP contribution in [-0.4, -0.2) is 30.5 Å². The summed E-state index contributed by atoms with van der Waals surface area (Å²) >= 11 is 0. The SMILES string of the molecule is C=CC1CC(/C=C\C2CC(C=C)C(COCC3CO3)C2)C(Cn2c3ccccc3c3ccccc32)C1. The summed E-state index contributed by atoms with van der Waals surface area (Å²) in [5.74, 6) is 3.57. The van der Waals surface area contributed by atoms with Crippen molar-refractivity contribution in [2.24, 2.45) is 35.5 Å². The van der Waals surface area contributed by atoms with Crippen LogP contribution in [0.4, 0.5) is 0 Å². The molecule has 0 N–H and O–H groups in total. The number of benzene rings is 2. The standard InChI is InChI=1S/C33H39NO2/c1-3-23-15-26(14-13-24-17-25(4-2)28(18-24)20-35-21-29-22-36-29)27(16-23)19-34-32-11-7-5-9-30(32)31-10-6-8-12-33(31)34/h3-14,23-29H,1-2,15-22H2/b14-13-. The van der Waals surface area contributed by atoms with Crippen LogP contribution >= 0.6 is 0 Å². The number of para-hydroxylation sites is 2. The highest BCUT2D eigenvalue weighted by Gasteiger charge is 2.35. The molecule has 0 radical (unpaired) electrons. The number of hydrogen-bond acceptors (Lipinski definition) is 2. The van der Waals surface area contributed by atoms with Crippen LogP contribution in [0.1, 0.15) is 25.7 Å². The third kappa shape index (κ3) is 4.84. The van der Waals surface area contributed by atoms with Crippen molar-refractivity contribution in [1.29, 1.82) is 0 Å². The van der Waals surface area contributed by atoms with Crippen LogP contribution in [0.15, 0.2) is 86.0 Å². The summed E-state index contributed by atoms with van der Waals surface area (Å²) in [7, 11) is 0. The van der Waals surface area contributed by atoms with Crippen LogP contribution in [-0.2, 0) is 16.0 Å². The van der Waals surface area contributed by atoms with Gasteiger partial charge >= 0.3 is 0 Å². The average Bonchev–Trinajstić information content (AvgIpc) is 3.40. The molecule has 1 aromatic heterocycles. The smallest absolute Gasteiger partial charge is 0.104 e. The Morgan fingerprint density at radius 3 is 2.11 bits per heavy atom. The van der Waals surface area contributed by atoms with Gasteiger partial charge in [0.05, 0.1) is 19.8 Å². The summed E-state index contributed by atoms with van der Waals surface area (Å²) in [5, 5.41) is 2.72. The molecule has 2 heterocycles. The number of ether oxygens (including phenoxy) is 2. The van der Waals surface area contributed by atoms with E-state index in [4.69, 9.17) is 9.47 Å². The molecule has 0 bridgehead atoms. The van der Waals surface area contributed by atoms with Crippen LogP contribution in [0.2, 0.25) is 0 Å². The molecule has 0 spiro atoms. The van der Waals surface area contributed by atoms with Gasteiger partial charge in [-0.25, -0.2) is 0 Å². The van der Waals surface area contributed by atoms with Gasteiger partial charge in [-0.1, -0.05) is 60.7 Å². The van der Waals surface area contributed by atoms with Gasteiger partial charge in [0.2, 0.25) is 0 Å². The van der Waals surface area contributed by atoms with Gasteiger partial charge in [-0.15, -0.1) is 13.2 Å². The fourth-order valence-corrected chi connectivity index (χ4v) is 6.93. The zero-order valence-electron chi connectivity index (χ0n) is 21.3. The maximum Gasteiger partial charge on any atom is 0.104 e. The fourth-order valence-electron chi connectivity index (χ4n) is 6.93. The van der Waals surface area contributed by atoms with Crippen molar-refractivity contribution in [2.75, 3.05) is 19.8 Å². The Labute approximate surface area is 215 Å². The molecule has 2 aliphatic carbocycles. The molecule has 0 amide bonds. The molecule has 7 atom stereocenters. The summed E-state index contributed by atoms with van der Waals surface area (Å²) in [6.45, 7) is 11.8. The third-order valence-corrected chi connectivity index (χ3v) is 8.97. The summed E-state index contributed by atoms with van der Waals surface area (Å²) < 4.78 is 13.8. The maximum absolute atomic E-state index is 5.96. The van der Waals surface area contributed by atoms with E-state index in [2.05, 4.69) is 90.6 Å². The number of rotatable bonds is 10. The number of allylic oxidation sites excluding steroid dienone is 4. The minimum Gasteiger partial charge on any atom is -0.378 e. The van der Waals surface area contributed by atoms with E-state index in [0.717, 1.165) is 26.4 Å². The van der Waals surface area contributed by atoms with Gasteiger partial charge in [0.15, 0.2) is 0 Å². The van der Waals surface area contributed by atoms with Crippen LogP contribution in [0.5, 0.6) is 0 Å². The number of epoxide rings is 1. The molecular weight excluding hydrogens is 442 g/mol. The minimum absolute atomic E-state index is 0.343. The molecule has 3 heteroatoms. The summed E-state index contributed by atoms with van der Waals surface area (Å²) in [4.78, 5) is 0. The van der Waals surface area contributed by atoms with Gasteiger partial charge < -0.3 is 14.0 Å². The van der Waals surface area contributed by atoms with Gasteiger partial charge in [0, 0.05) is 28.4 Å². The van der Waals surface area contributed by atoms with Crippen molar-refractivity contribution < 1.29 is 9.47 Å². The monoisotopic (exact) mass is 481 g/mol. The van der Waals surface area contributed by atoms with Crippen molar-refractivity contribution in [1.82, 2.24) is 4.57 Å². The lowest BCUT2D eigenvalue weighted by molar-refractivity contribution is 0.0794. The van der Waals surface area contributed by atoms with Crippen molar-refractivity contribution in [2.45, 2.75) is 38.3 Å². The van der Waals surface area contributed by atoms with E-state index in [9.17, 15) is 0 Å². The Bertz CT molecular complexity index is 1200. The third-order valence-electron chi connectivity index (χ3n) is 8.97. The average molecular weight is 482 g/mol. The van der Waals surface area contributed by atoms with Crippen LogP contribution in [0, 0.1) is 35.5 Å². The molecule has 1 saturated heterocycles. The van der Waals surface area contributed by atoms with E-state index in [0.29, 0.717) is 41.6 Å². The highest BCUT2D eigenvalue weighted by molar-refractivity contribution is 6.07. The van der Waals surface area contributed by atoms with Crippen molar-refractivity contribution >= 4 is 21.8 Å². The van der Waals surface area contributed by atoms with E-state index in [1.54, 1.807) is 0 Å². The molecule has 2 aromatic carbocycles. The number of aromatic nitrogens is 1. The van der Waals surface area contributed by atoms with Gasteiger partial charge in [-0.3, -0.25) is 0 Å². The molecule has 7 unspecified atom stereocenters. The normalized spacial score (nSPS) is 32.1. The first-order valence-electron chi connectivity index (χ1n) is 13.8. The lowest BCUT2D eigenvalue weighted by Crippen LogP contribution is -2.15. The first kappa shape index (κ1) is 23.8. The molecule has 2 saturated carbocycles. The molecule has 3 nitrogen and oxygen atoms in total. The van der Waals surface area contributed by atoms with Crippen molar-refractivity contribution in [3.8, 4) is 0 Å². The molecule has 6 rings (SSSR count). The van der Waals surface area contributed by atoms with Gasteiger partial charge in [-0.05, 0) is 73.3 Å². The van der Waals surface area contributed by atoms with E-state index >= 15 is 0 Å². The first-order valence-corrected chi connectivity index (χ1v) is 13.8. The number of nitrogens with zero attached hydrogens (tertiary/aromatic N) is 1. The van der Waals surface area contributed by atoms with Gasteiger partial charge in [0.1, 0.15) is 6.10 Å². The Balaban J connectivity index is 1.18. The molecule has 3 fully saturated rings. The molecule has 3 aromatic rings. The molecule has 1 aliphatic heterocycles. The second-order valence-corrected chi connectivity index (χ2v) is 11.3. The topological polar surface area (TPSA) is 26.7 Å². The van der Waals surface area contributed by atoms with E-state index < -0.39 is 0 Å². The zero-order chi connectivity index (χ0) is 24.5. The maximum atomic E-state index is 5.96. The second kappa shape index (κ2) is 10.4. The van der Waals surface area contributed by atoms with E-state index in [-0.39, 0.29) is 0 Å². The highest BCUT2D eigenvalue weighted by atomic mass is 16.6. The highest BCUT2D eigenvalue weighted by Crippen LogP contribution is 2.43. The first-order chi connectivity index (χ1) is 17.7. The number of hydrogen-bond donors (Lipinski definition) is 0. The van der Waals surface area contributed by atoms with Crippen LogP contribution in [0.3, 0.4) is 0 Å². The lowest BCUT2D eigenvalue weighted by atomic mass is 9.93. The van der Waals surface area contributed by atoms with E-state index in [1.165, 1.54) is 47.5 Å². The van der Waals surface area contributed by atoms with Gasteiger partial charge in [0.25, 0.3) is 0 Å². The predicted octanol–water partition coefficient (Wildman–Crippen LogP) is 7.42. The Morgan fingerprint density at radius 1 is 0.778 bits per heavy atom. The Hall–Kier alpha value is -2.62.